The summed E-state index contributed by atoms with van der Waals surface area (Å²) in [5.74, 6) is 1.93. The molecule has 0 saturated carbocycles. The van der Waals surface area contributed by atoms with E-state index in [2.05, 4.69) is 0 Å². The summed E-state index contributed by atoms with van der Waals surface area (Å²) in [6, 6.07) is 3.51. The molecule has 0 amide bonds. The molecule has 0 aliphatic heterocycles. The molecule has 0 spiro atoms. The van der Waals surface area contributed by atoms with Gasteiger partial charge in [0, 0.05) is 17.5 Å². The fraction of sp³-hybridized carbons (Fsp3) is 0.478. The van der Waals surface area contributed by atoms with Crippen molar-refractivity contribution in [1.82, 2.24) is 0 Å². The lowest BCUT2D eigenvalue weighted by atomic mass is 9.75. The zero-order chi connectivity index (χ0) is 22.2. The maximum atomic E-state index is 11.2. The molecular formula is C23H30O7. The second-order valence-electron chi connectivity index (χ2n) is 7.81. The number of benzene rings is 2. The molecule has 0 unspecified atom stereocenters. The lowest BCUT2D eigenvalue weighted by Gasteiger charge is -2.35. The summed E-state index contributed by atoms with van der Waals surface area (Å²) in [4.78, 5) is 0. The molecule has 0 aromatic heterocycles. The molecule has 2 atom stereocenters. The zero-order valence-corrected chi connectivity index (χ0v) is 18.6. The van der Waals surface area contributed by atoms with Crippen molar-refractivity contribution in [3.05, 3.63) is 23.3 Å². The normalized spacial score (nSPS) is 20.3. The highest BCUT2D eigenvalue weighted by Crippen LogP contribution is 2.55. The number of aromatic hydroxyl groups is 1. The number of aliphatic hydroxyl groups is 1. The number of rotatable bonds is 5. The predicted molar refractivity (Wildman–Crippen MR) is 113 cm³/mol. The summed E-state index contributed by atoms with van der Waals surface area (Å²) in [6.07, 6.45) is 0.888. The average molecular weight is 418 g/mol. The van der Waals surface area contributed by atoms with Gasteiger partial charge in [-0.1, -0.05) is 6.92 Å². The van der Waals surface area contributed by atoms with Gasteiger partial charge in [0.25, 0.3) is 0 Å². The first-order valence-corrected chi connectivity index (χ1v) is 9.75. The molecule has 0 bridgehead atoms. The van der Waals surface area contributed by atoms with Gasteiger partial charge in [-0.25, -0.2) is 0 Å². The van der Waals surface area contributed by atoms with Crippen molar-refractivity contribution in [2.75, 3.05) is 35.5 Å². The summed E-state index contributed by atoms with van der Waals surface area (Å²) in [6.45, 7) is 3.80. The van der Waals surface area contributed by atoms with Crippen LogP contribution in [-0.2, 0) is 12.8 Å². The first-order chi connectivity index (χ1) is 14.2. The summed E-state index contributed by atoms with van der Waals surface area (Å²) >= 11 is 0. The van der Waals surface area contributed by atoms with Crippen molar-refractivity contribution in [1.29, 1.82) is 0 Å². The molecule has 0 heterocycles. The fourth-order valence-corrected chi connectivity index (χ4v) is 4.24. The Bertz CT molecular complexity index is 950. The molecule has 1 aliphatic carbocycles. The Morgan fingerprint density at radius 1 is 0.800 bits per heavy atom. The van der Waals surface area contributed by atoms with Gasteiger partial charge in [-0.3, -0.25) is 0 Å². The molecule has 164 valence electrons. The molecule has 3 rings (SSSR count). The quantitative estimate of drug-likeness (QED) is 0.767. The van der Waals surface area contributed by atoms with Crippen LogP contribution in [0.1, 0.15) is 25.0 Å². The van der Waals surface area contributed by atoms with Gasteiger partial charge in [0.1, 0.15) is 0 Å². The first kappa shape index (κ1) is 21.9. The second-order valence-corrected chi connectivity index (χ2v) is 7.81. The van der Waals surface area contributed by atoms with Crippen LogP contribution in [0.4, 0.5) is 0 Å². The summed E-state index contributed by atoms with van der Waals surface area (Å²) in [5.41, 5.74) is 2.06. The van der Waals surface area contributed by atoms with E-state index in [4.69, 9.17) is 23.7 Å². The molecule has 2 N–H and O–H groups in total. The highest BCUT2D eigenvalue weighted by Gasteiger charge is 2.37. The standard InChI is InChI=1S/C23H30O7/c1-12-8-13-10-16(26-3)20(28-5)22(30-7)17(13)18-14(11-23(12,2)25)9-15(24)19(27-4)21(18)29-6/h9-10,12,24-25H,8,11H2,1-7H3/t12-,23-/m0/s1. The van der Waals surface area contributed by atoms with E-state index >= 15 is 0 Å². The Morgan fingerprint density at radius 3 is 1.87 bits per heavy atom. The molecule has 0 radical (unpaired) electrons. The molecule has 0 saturated heterocycles. The van der Waals surface area contributed by atoms with E-state index in [-0.39, 0.29) is 17.4 Å². The van der Waals surface area contributed by atoms with E-state index in [1.807, 2.05) is 13.0 Å². The van der Waals surface area contributed by atoms with Crippen LogP contribution in [0.2, 0.25) is 0 Å². The topological polar surface area (TPSA) is 86.6 Å². The largest absolute Gasteiger partial charge is 0.504 e. The van der Waals surface area contributed by atoms with Gasteiger partial charge in [-0.15, -0.1) is 0 Å². The van der Waals surface area contributed by atoms with E-state index in [0.717, 1.165) is 11.1 Å². The first-order valence-electron chi connectivity index (χ1n) is 9.75. The van der Waals surface area contributed by atoms with Gasteiger partial charge in [0.05, 0.1) is 41.2 Å². The van der Waals surface area contributed by atoms with Gasteiger partial charge in [-0.2, -0.15) is 0 Å². The minimum absolute atomic E-state index is 0.0573. The van der Waals surface area contributed by atoms with E-state index in [1.54, 1.807) is 34.3 Å². The number of phenols is 1. The van der Waals surface area contributed by atoms with Gasteiger partial charge in [-0.05, 0) is 42.5 Å². The Labute approximate surface area is 177 Å². The lowest BCUT2D eigenvalue weighted by molar-refractivity contribution is 0.00629. The fourth-order valence-electron chi connectivity index (χ4n) is 4.24. The van der Waals surface area contributed by atoms with Crippen LogP contribution < -0.4 is 23.7 Å². The van der Waals surface area contributed by atoms with Crippen LogP contribution >= 0.6 is 0 Å². The van der Waals surface area contributed by atoms with Crippen molar-refractivity contribution in [3.63, 3.8) is 0 Å². The molecule has 2 aromatic carbocycles. The Kier molecular flexibility index (Phi) is 5.94. The van der Waals surface area contributed by atoms with Gasteiger partial charge < -0.3 is 33.9 Å². The van der Waals surface area contributed by atoms with Crippen molar-refractivity contribution >= 4 is 0 Å². The zero-order valence-electron chi connectivity index (χ0n) is 18.6. The van der Waals surface area contributed by atoms with Crippen LogP contribution in [0.25, 0.3) is 11.1 Å². The third-order valence-electron chi connectivity index (χ3n) is 6.00. The molecule has 7 nitrogen and oxygen atoms in total. The maximum Gasteiger partial charge on any atom is 0.203 e. The third kappa shape index (κ3) is 3.37. The highest BCUT2D eigenvalue weighted by atomic mass is 16.5. The minimum atomic E-state index is -1.02. The Hall–Kier alpha value is -2.80. The van der Waals surface area contributed by atoms with Crippen LogP contribution in [0, 0.1) is 5.92 Å². The van der Waals surface area contributed by atoms with Gasteiger partial charge >= 0.3 is 0 Å². The number of fused-ring (bicyclic) bond motifs is 3. The van der Waals surface area contributed by atoms with Crippen molar-refractivity contribution in [2.45, 2.75) is 32.3 Å². The molecule has 30 heavy (non-hydrogen) atoms. The van der Waals surface area contributed by atoms with E-state index in [0.29, 0.717) is 47.0 Å². The van der Waals surface area contributed by atoms with Gasteiger partial charge in [0.15, 0.2) is 23.0 Å². The van der Waals surface area contributed by atoms with Crippen LogP contribution in [0.15, 0.2) is 12.1 Å². The van der Waals surface area contributed by atoms with E-state index < -0.39 is 5.60 Å². The summed E-state index contributed by atoms with van der Waals surface area (Å²) in [7, 11) is 7.68. The summed E-state index contributed by atoms with van der Waals surface area (Å²) in [5, 5.41) is 21.8. The number of hydrogen-bond donors (Lipinski definition) is 2. The average Bonchev–Trinajstić information content (AvgIpc) is 2.71. The number of phenolic OH excluding ortho intramolecular Hbond substituents is 1. The number of ether oxygens (including phenoxy) is 5. The van der Waals surface area contributed by atoms with Crippen LogP contribution in [0.5, 0.6) is 34.5 Å². The second kappa shape index (κ2) is 8.14. The summed E-state index contributed by atoms with van der Waals surface area (Å²) < 4.78 is 28.1. The lowest BCUT2D eigenvalue weighted by Crippen LogP contribution is -2.37. The van der Waals surface area contributed by atoms with Gasteiger partial charge in [0.2, 0.25) is 11.5 Å². The molecule has 7 heteroatoms. The number of methoxy groups -OCH3 is 5. The Morgan fingerprint density at radius 2 is 1.33 bits per heavy atom. The van der Waals surface area contributed by atoms with Crippen molar-refractivity contribution in [3.8, 4) is 45.6 Å². The van der Waals surface area contributed by atoms with Crippen molar-refractivity contribution < 1.29 is 33.9 Å². The Balaban J connectivity index is 2.53. The molecular weight excluding hydrogens is 388 g/mol. The minimum Gasteiger partial charge on any atom is -0.504 e. The molecule has 1 aliphatic rings. The predicted octanol–water partition coefficient (Wildman–Crippen LogP) is 3.59. The van der Waals surface area contributed by atoms with E-state index in [9.17, 15) is 10.2 Å². The number of hydrogen-bond acceptors (Lipinski definition) is 7. The third-order valence-corrected chi connectivity index (χ3v) is 6.00. The SMILES string of the molecule is COc1cc2c(c(OC)c1OC)-c1c(cc(O)c(OC)c1OC)C[C@](C)(O)[C@@H](C)C2. The molecule has 2 aromatic rings. The monoisotopic (exact) mass is 418 g/mol. The molecule has 0 fully saturated rings. The smallest absolute Gasteiger partial charge is 0.203 e. The highest BCUT2D eigenvalue weighted by molar-refractivity contribution is 5.88. The van der Waals surface area contributed by atoms with Crippen molar-refractivity contribution in [2.24, 2.45) is 5.92 Å². The van der Waals surface area contributed by atoms with Crippen LogP contribution in [0.3, 0.4) is 0 Å². The maximum absolute atomic E-state index is 11.2. The van der Waals surface area contributed by atoms with E-state index in [1.165, 1.54) is 14.2 Å². The van der Waals surface area contributed by atoms with Crippen LogP contribution in [-0.4, -0.2) is 51.4 Å².